The van der Waals surface area contributed by atoms with Crippen LogP contribution in [-0.2, 0) is 0 Å². The Balaban J connectivity index is 2.29. The van der Waals surface area contributed by atoms with E-state index < -0.39 is 0 Å². The number of nitrogens with two attached hydrogens (primary N) is 1. The summed E-state index contributed by atoms with van der Waals surface area (Å²) in [6, 6.07) is 0. The number of halogens is 1. The molecule has 84 valence electrons. The van der Waals surface area contributed by atoms with Crippen molar-refractivity contribution in [2.75, 3.05) is 5.73 Å². The molecule has 2 aromatic rings. The number of aromatic nitrogens is 3. The lowest BCUT2D eigenvalue weighted by Gasteiger charge is -1.99. The van der Waals surface area contributed by atoms with Crippen LogP contribution in [0.15, 0.2) is 25.3 Å². The van der Waals surface area contributed by atoms with Crippen molar-refractivity contribution in [3.63, 3.8) is 0 Å². The highest BCUT2D eigenvalue weighted by Crippen LogP contribution is 2.31. The van der Waals surface area contributed by atoms with E-state index in [2.05, 4.69) is 30.9 Å². The molecule has 0 aliphatic heterocycles. The second-order valence-electron chi connectivity index (χ2n) is 3.10. The maximum atomic E-state index is 5.51. The zero-order chi connectivity index (χ0) is 11.7. The van der Waals surface area contributed by atoms with Crippen LogP contribution in [0.4, 0.5) is 5.95 Å². The van der Waals surface area contributed by atoms with E-state index >= 15 is 0 Å². The summed E-state index contributed by atoms with van der Waals surface area (Å²) in [5.41, 5.74) is 6.38. The zero-order valence-electron chi connectivity index (χ0n) is 8.69. The molecule has 0 amide bonds. The minimum absolute atomic E-state index is 0.228. The predicted octanol–water partition coefficient (Wildman–Crippen LogP) is 2.58. The van der Waals surface area contributed by atoms with Gasteiger partial charge in [0, 0.05) is 6.20 Å². The molecule has 0 spiro atoms. The standard InChI is InChI=1S/C9H9BrN4OS/c1-4-5(2)15-9(13-4)16-7-6(10)3-12-8(11)14-7/h3H,1-2H3,(H2,11,12,14). The van der Waals surface area contributed by atoms with Crippen LogP contribution in [0.3, 0.4) is 0 Å². The smallest absolute Gasteiger partial charge is 0.262 e. The molecule has 7 heteroatoms. The SMILES string of the molecule is Cc1nc(Sc2nc(N)ncc2Br)oc1C. The third-order valence-electron chi connectivity index (χ3n) is 1.92. The average molecular weight is 301 g/mol. The molecule has 0 aliphatic rings. The first-order valence-electron chi connectivity index (χ1n) is 4.46. The first-order chi connectivity index (χ1) is 7.56. The Labute approximate surface area is 105 Å². The van der Waals surface area contributed by atoms with Crippen LogP contribution >= 0.6 is 27.7 Å². The third kappa shape index (κ3) is 2.35. The van der Waals surface area contributed by atoms with E-state index in [9.17, 15) is 0 Å². The number of oxazole rings is 1. The summed E-state index contributed by atoms with van der Waals surface area (Å²) in [5.74, 6) is 1.03. The van der Waals surface area contributed by atoms with E-state index in [0.717, 1.165) is 15.9 Å². The molecule has 0 aliphatic carbocycles. The van der Waals surface area contributed by atoms with Crippen LogP contribution < -0.4 is 5.73 Å². The van der Waals surface area contributed by atoms with Crippen LogP contribution in [0.25, 0.3) is 0 Å². The van der Waals surface area contributed by atoms with E-state index in [4.69, 9.17) is 10.2 Å². The summed E-state index contributed by atoms with van der Waals surface area (Å²) in [6.07, 6.45) is 1.60. The molecule has 2 N–H and O–H groups in total. The highest BCUT2D eigenvalue weighted by molar-refractivity contribution is 9.10. The molecule has 0 radical (unpaired) electrons. The van der Waals surface area contributed by atoms with Crippen molar-refractivity contribution in [3.05, 3.63) is 22.1 Å². The van der Waals surface area contributed by atoms with Gasteiger partial charge >= 0.3 is 0 Å². The summed E-state index contributed by atoms with van der Waals surface area (Å²) < 4.78 is 6.21. The highest BCUT2D eigenvalue weighted by atomic mass is 79.9. The van der Waals surface area contributed by atoms with Crippen molar-refractivity contribution >= 4 is 33.6 Å². The summed E-state index contributed by atoms with van der Waals surface area (Å²) in [6.45, 7) is 3.77. The molecular formula is C9H9BrN4OS. The van der Waals surface area contributed by atoms with Crippen molar-refractivity contribution in [2.45, 2.75) is 24.1 Å². The molecule has 0 saturated carbocycles. The van der Waals surface area contributed by atoms with Gasteiger partial charge in [-0.15, -0.1) is 0 Å². The van der Waals surface area contributed by atoms with Gasteiger partial charge in [-0.25, -0.2) is 15.0 Å². The van der Waals surface area contributed by atoms with Crippen molar-refractivity contribution in [2.24, 2.45) is 0 Å². The summed E-state index contributed by atoms with van der Waals surface area (Å²) in [7, 11) is 0. The number of hydrogen-bond acceptors (Lipinski definition) is 6. The predicted molar refractivity (Wildman–Crippen MR) is 64.2 cm³/mol. The third-order valence-corrected chi connectivity index (χ3v) is 3.62. The lowest BCUT2D eigenvalue weighted by molar-refractivity contribution is 0.431. The molecule has 5 nitrogen and oxygen atoms in total. The van der Waals surface area contributed by atoms with Gasteiger partial charge in [-0.05, 0) is 41.5 Å². The van der Waals surface area contributed by atoms with Gasteiger partial charge in [0.15, 0.2) is 0 Å². The van der Waals surface area contributed by atoms with Crippen LogP contribution in [0.1, 0.15) is 11.5 Å². The maximum Gasteiger partial charge on any atom is 0.262 e. The lowest BCUT2D eigenvalue weighted by atomic mass is 10.4. The molecule has 2 heterocycles. The van der Waals surface area contributed by atoms with Gasteiger partial charge in [-0.1, -0.05) is 0 Å². The van der Waals surface area contributed by atoms with Crippen molar-refractivity contribution in [1.29, 1.82) is 0 Å². The largest absolute Gasteiger partial charge is 0.436 e. The Hall–Kier alpha value is -1.08. The number of nitrogen functional groups attached to an aromatic ring is 1. The fraction of sp³-hybridized carbons (Fsp3) is 0.222. The fourth-order valence-corrected chi connectivity index (χ4v) is 2.24. The topological polar surface area (TPSA) is 77.8 Å². The van der Waals surface area contributed by atoms with Crippen molar-refractivity contribution < 1.29 is 4.42 Å². The van der Waals surface area contributed by atoms with Crippen molar-refractivity contribution in [1.82, 2.24) is 15.0 Å². The van der Waals surface area contributed by atoms with Gasteiger partial charge < -0.3 is 10.2 Å². The molecule has 0 unspecified atom stereocenters. The zero-order valence-corrected chi connectivity index (χ0v) is 11.1. The second kappa shape index (κ2) is 4.42. The first-order valence-corrected chi connectivity index (χ1v) is 6.07. The van der Waals surface area contributed by atoms with E-state index in [1.807, 2.05) is 13.8 Å². The Morgan fingerprint density at radius 3 is 2.75 bits per heavy atom. The molecule has 0 bridgehead atoms. The maximum absolute atomic E-state index is 5.51. The van der Waals surface area contributed by atoms with Gasteiger partial charge in [-0.3, -0.25) is 0 Å². The Morgan fingerprint density at radius 1 is 1.38 bits per heavy atom. The minimum Gasteiger partial charge on any atom is -0.436 e. The van der Waals surface area contributed by atoms with Crippen LogP contribution in [-0.4, -0.2) is 15.0 Å². The van der Waals surface area contributed by atoms with Crippen LogP contribution in [0.5, 0.6) is 0 Å². The lowest BCUT2D eigenvalue weighted by Crippen LogP contribution is -1.95. The van der Waals surface area contributed by atoms with E-state index in [0.29, 0.717) is 10.2 Å². The Bertz CT molecular complexity index is 509. The normalized spacial score (nSPS) is 10.7. The quantitative estimate of drug-likeness (QED) is 0.859. The fourth-order valence-electron chi connectivity index (χ4n) is 1.01. The van der Waals surface area contributed by atoms with Gasteiger partial charge in [-0.2, -0.15) is 0 Å². The summed E-state index contributed by atoms with van der Waals surface area (Å²) in [5, 5.41) is 1.24. The molecule has 16 heavy (non-hydrogen) atoms. The minimum atomic E-state index is 0.228. The van der Waals surface area contributed by atoms with Gasteiger partial charge in [0.1, 0.15) is 10.8 Å². The molecule has 0 fully saturated rings. The van der Waals surface area contributed by atoms with E-state index in [-0.39, 0.29) is 5.95 Å². The molecular weight excluding hydrogens is 292 g/mol. The van der Waals surface area contributed by atoms with Gasteiger partial charge in [0.2, 0.25) is 5.95 Å². The molecule has 0 atom stereocenters. The number of anilines is 1. The number of hydrogen-bond donors (Lipinski definition) is 1. The molecule has 2 aromatic heterocycles. The summed E-state index contributed by atoms with van der Waals surface area (Å²) >= 11 is 4.65. The van der Waals surface area contributed by atoms with Crippen molar-refractivity contribution in [3.8, 4) is 0 Å². The van der Waals surface area contributed by atoms with Gasteiger partial charge in [0.05, 0.1) is 10.2 Å². The van der Waals surface area contributed by atoms with Gasteiger partial charge in [0.25, 0.3) is 5.22 Å². The average Bonchev–Trinajstić information content (AvgIpc) is 2.52. The molecule has 0 aromatic carbocycles. The molecule has 0 saturated heterocycles. The monoisotopic (exact) mass is 300 g/mol. The Kier molecular flexibility index (Phi) is 3.15. The number of rotatable bonds is 2. The van der Waals surface area contributed by atoms with E-state index in [1.165, 1.54) is 11.8 Å². The van der Waals surface area contributed by atoms with Crippen LogP contribution in [0.2, 0.25) is 0 Å². The van der Waals surface area contributed by atoms with Crippen LogP contribution in [0, 0.1) is 13.8 Å². The number of nitrogens with zero attached hydrogens (tertiary/aromatic N) is 3. The summed E-state index contributed by atoms with van der Waals surface area (Å²) in [4.78, 5) is 12.2. The van der Waals surface area contributed by atoms with E-state index in [1.54, 1.807) is 6.20 Å². The first kappa shape index (κ1) is 11.4. The number of aryl methyl sites for hydroxylation is 2. The Morgan fingerprint density at radius 2 is 2.12 bits per heavy atom. The molecule has 2 rings (SSSR count). The highest BCUT2D eigenvalue weighted by Gasteiger charge is 2.11. The second-order valence-corrected chi connectivity index (χ2v) is 4.90.